The number of likely N-dealkylation sites (tertiary alicyclic amines) is 2. The van der Waals surface area contributed by atoms with Gasteiger partial charge in [-0.1, -0.05) is 6.07 Å². The Hall–Kier alpha value is -5.49. The van der Waals surface area contributed by atoms with Crippen LogP contribution in [0.1, 0.15) is 115 Å². The van der Waals surface area contributed by atoms with Crippen LogP contribution in [-0.2, 0) is 4.79 Å². The van der Waals surface area contributed by atoms with Crippen molar-refractivity contribution in [3.63, 3.8) is 0 Å². The number of alkyl halides is 2. The maximum atomic E-state index is 14.3. The topological polar surface area (TPSA) is 179 Å². The summed E-state index contributed by atoms with van der Waals surface area (Å²) in [5.41, 5.74) is 8.57. The van der Waals surface area contributed by atoms with Crippen molar-refractivity contribution >= 4 is 46.6 Å². The number of amides is 5. The van der Waals surface area contributed by atoms with Crippen LogP contribution in [-0.4, -0.2) is 116 Å². The Morgan fingerprint density at radius 2 is 1.76 bits per heavy atom. The molecule has 16 nitrogen and oxygen atoms in total. The average molecular weight is 855 g/mol. The number of nitrogens with zero attached hydrogens (tertiary/aromatic N) is 9. The van der Waals surface area contributed by atoms with Gasteiger partial charge in [-0.3, -0.25) is 29.3 Å². The van der Waals surface area contributed by atoms with E-state index in [4.69, 9.17) is 10.7 Å². The van der Waals surface area contributed by atoms with Gasteiger partial charge in [0.25, 0.3) is 18.2 Å². The lowest BCUT2D eigenvalue weighted by Gasteiger charge is -2.47. The van der Waals surface area contributed by atoms with Crippen molar-refractivity contribution in [2.24, 2.45) is 17.1 Å². The fourth-order valence-corrected chi connectivity index (χ4v) is 10.4. The van der Waals surface area contributed by atoms with Crippen molar-refractivity contribution in [3.05, 3.63) is 65.2 Å². The average Bonchev–Trinajstić information content (AvgIpc) is 3.90. The van der Waals surface area contributed by atoms with E-state index in [2.05, 4.69) is 30.6 Å². The molecule has 5 aliphatic rings. The van der Waals surface area contributed by atoms with Gasteiger partial charge in [0.05, 0.1) is 17.9 Å². The largest absolute Gasteiger partial charge is 0.355 e. The number of carbonyl (C=O) groups is 4. The zero-order valence-corrected chi connectivity index (χ0v) is 35.3. The molecule has 7 heterocycles. The summed E-state index contributed by atoms with van der Waals surface area (Å²) in [6.07, 6.45) is 12.0. The summed E-state index contributed by atoms with van der Waals surface area (Å²) in [6, 6.07) is 6.84. The second-order valence-corrected chi connectivity index (χ2v) is 18.1. The van der Waals surface area contributed by atoms with Crippen molar-refractivity contribution in [1.82, 2.24) is 39.5 Å². The maximum absolute atomic E-state index is 14.3. The molecular weight excluding hydrogens is 799 g/mol. The monoisotopic (exact) mass is 854 g/mol. The highest BCUT2D eigenvalue weighted by Crippen LogP contribution is 2.47. The van der Waals surface area contributed by atoms with Gasteiger partial charge in [-0.05, 0) is 106 Å². The molecule has 330 valence electrons. The van der Waals surface area contributed by atoms with E-state index in [1.165, 1.54) is 21.8 Å². The van der Waals surface area contributed by atoms with E-state index in [1.807, 2.05) is 30.0 Å². The van der Waals surface area contributed by atoms with Crippen LogP contribution in [0.5, 0.6) is 0 Å². The summed E-state index contributed by atoms with van der Waals surface area (Å²) in [6.45, 7) is 7.77. The number of aryl methyl sites for hydroxylation is 1. The molecule has 9 rings (SSSR count). The number of aromatic nitrogens is 5. The van der Waals surface area contributed by atoms with Crippen LogP contribution in [0, 0.1) is 18.3 Å². The van der Waals surface area contributed by atoms with Crippen LogP contribution < -0.4 is 26.2 Å². The molecule has 1 aliphatic carbocycles. The molecule has 5 amide bonds. The molecule has 1 spiro atoms. The summed E-state index contributed by atoms with van der Waals surface area (Å²) in [7, 11) is 0. The standard InChI is InChI=1S/C44H56F2N12O4/c1-28-4-5-30(23-35(28)56-19-11-37(59)51-43(56)62)42(61)54-21-14-44(15-22-54)12-6-29(7-13-44)25-53-17-8-32(9-18-53)58-27-34(38(52-58)39(45)46)49-41(60)33-24-48-57-20-10-36(50-40(33)57)55-16-2-3-31(47)26-55/h4-5,10,20,23-24,27,29,31-32,39H,2-3,6-9,11-19,21-22,25-26,47H2,1H3,(H,49,60)(H,51,59,62)/t31-/m0/s1. The summed E-state index contributed by atoms with van der Waals surface area (Å²) >= 11 is 0. The third-order valence-electron chi connectivity index (χ3n) is 14.1. The van der Waals surface area contributed by atoms with Crippen LogP contribution in [0.15, 0.2) is 42.9 Å². The summed E-state index contributed by atoms with van der Waals surface area (Å²) < 4.78 is 31.7. The molecule has 4 saturated heterocycles. The van der Waals surface area contributed by atoms with Gasteiger partial charge in [0.1, 0.15) is 11.4 Å². The van der Waals surface area contributed by atoms with E-state index in [9.17, 15) is 28.0 Å². The Labute approximate surface area is 359 Å². The van der Waals surface area contributed by atoms with Crippen molar-refractivity contribution in [1.29, 1.82) is 0 Å². The van der Waals surface area contributed by atoms with Crippen molar-refractivity contribution in [2.75, 3.05) is 67.5 Å². The minimum absolute atomic E-state index is 0.0106. The molecule has 0 radical (unpaired) electrons. The van der Waals surface area contributed by atoms with E-state index < -0.39 is 24.1 Å². The minimum atomic E-state index is -2.86. The molecule has 0 unspecified atom stereocenters. The summed E-state index contributed by atoms with van der Waals surface area (Å²) in [4.78, 5) is 64.2. The van der Waals surface area contributed by atoms with E-state index in [0.29, 0.717) is 48.3 Å². The Kier molecular flexibility index (Phi) is 11.7. The molecule has 0 bridgehead atoms. The highest BCUT2D eigenvalue weighted by molar-refractivity contribution is 6.08. The highest BCUT2D eigenvalue weighted by atomic mass is 19.3. The van der Waals surface area contributed by atoms with Crippen LogP contribution in [0.3, 0.4) is 0 Å². The second kappa shape index (κ2) is 17.3. The molecule has 4 aromatic rings. The van der Waals surface area contributed by atoms with E-state index >= 15 is 0 Å². The molecule has 1 aromatic carbocycles. The number of hydrogen-bond donors (Lipinski definition) is 3. The lowest BCUT2D eigenvalue weighted by Crippen LogP contribution is -2.50. The first-order valence-electron chi connectivity index (χ1n) is 22.2. The Bertz CT molecular complexity index is 2320. The number of urea groups is 1. The number of carbonyl (C=O) groups excluding carboxylic acids is 4. The van der Waals surface area contributed by atoms with Gasteiger partial charge < -0.3 is 25.8 Å². The molecule has 18 heteroatoms. The molecular formula is C44H56F2N12O4. The van der Waals surface area contributed by atoms with Gasteiger partial charge in [0, 0.05) is 88.5 Å². The molecule has 1 atom stereocenters. The molecule has 4 N–H and O–H groups in total. The molecule has 5 fully saturated rings. The fourth-order valence-electron chi connectivity index (χ4n) is 10.4. The summed E-state index contributed by atoms with van der Waals surface area (Å²) in [5.74, 6) is 0.387. The number of rotatable bonds is 9. The normalized spacial score (nSPS) is 21.9. The Morgan fingerprint density at radius 3 is 2.48 bits per heavy atom. The molecule has 3 aromatic heterocycles. The zero-order chi connectivity index (χ0) is 43.1. The molecule has 4 aliphatic heterocycles. The van der Waals surface area contributed by atoms with E-state index in [1.54, 1.807) is 16.9 Å². The van der Waals surface area contributed by atoms with E-state index in [0.717, 1.165) is 96.0 Å². The maximum Gasteiger partial charge on any atom is 0.328 e. The first-order chi connectivity index (χ1) is 29.9. The number of benzene rings is 1. The van der Waals surface area contributed by atoms with Gasteiger partial charge in [-0.25, -0.2) is 23.1 Å². The van der Waals surface area contributed by atoms with Gasteiger partial charge in [0.15, 0.2) is 11.3 Å². The first kappa shape index (κ1) is 41.8. The predicted molar refractivity (Wildman–Crippen MR) is 228 cm³/mol. The van der Waals surface area contributed by atoms with Crippen molar-refractivity contribution < 1.29 is 28.0 Å². The molecule has 1 saturated carbocycles. The highest BCUT2D eigenvalue weighted by Gasteiger charge is 2.40. The van der Waals surface area contributed by atoms with Gasteiger partial charge in [-0.2, -0.15) is 10.2 Å². The smallest absolute Gasteiger partial charge is 0.328 e. The fraction of sp³-hybridized carbons (Fsp3) is 0.568. The summed E-state index contributed by atoms with van der Waals surface area (Å²) in [5, 5.41) is 13.6. The number of imide groups is 1. The quantitative estimate of drug-likeness (QED) is 0.193. The van der Waals surface area contributed by atoms with Gasteiger partial charge >= 0.3 is 6.03 Å². The number of piperidine rings is 3. The number of nitrogens with one attached hydrogen (secondary N) is 2. The number of fused-ring (bicyclic) bond motifs is 1. The number of anilines is 3. The lowest BCUT2D eigenvalue weighted by atomic mass is 9.65. The van der Waals surface area contributed by atoms with Crippen LogP contribution >= 0.6 is 0 Å². The first-order valence-corrected chi connectivity index (χ1v) is 22.2. The predicted octanol–water partition coefficient (Wildman–Crippen LogP) is 5.55. The van der Waals surface area contributed by atoms with Gasteiger partial charge in [0.2, 0.25) is 5.91 Å². The van der Waals surface area contributed by atoms with Crippen LogP contribution in [0.25, 0.3) is 5.65 Å². The zero-order valence-electron chi connectivity index (χ0n) is 35.3. The SMILES string of the molecule is Cc1ccc(C(=O)N2CCC3(CCC(CN4CCC(n5cc(NC(=O)c6cnn7ccc(N8CCC[C@H](N)C8)nc67)c(C(F)F)n5)CC4)CC3)CC2)cc1N1CCC(=O)NC1=O. The van der Waals surface area contributed by atoms with Crippen LogP contribution in [0.2, 0.25) is 0 Å². The Balaban J connectivity index is 0.751. The van der Waals surface area contributed by atoms with Crippen LogP contribution in [0.4, 0.5) is 30.8 Å². The third-order valence-corrected chi connectivity index (χ3v) is 14.1. The second-order valence-electron chi connectivity index (χ2n) is 18.1. The van der Waals surface area contributed by atoms with Crippen molar-refractivity contribution in [2.45, 2.75) is 96.1 Å². The van der Waals surface area contributed by atoms with Gasteiger partial charge in [-0.15, -0.1) is 0 Å². The van der Waals surface area contributed by atoms with Crippen molar-refractivity contribution in [3.8, 4) is 0 Å². The minimum Gasteiger partial charge on any atom is -0.355 e. The lowest BCUT2D eigenvalue weighted by molar-refractivity contribution is -0.120. The third kappa shape index (κ3) is 8.63. The van der Waals surface area contributed by atoms with E-state index in [-0.39, 0.29) is 53.5 Å². The molecule has 62 heavy (non-hydrogen) atoms. The number of halogens is 2. The number of nitrogens with two attached hydrogens (primary N) is 1. The Morgan fingerprint density at radius 1 is 0.984 bits per heavy atom. The number of hydrogen-bond acceptors (Lipinski definition) is 10.